The average Bonchev–Trinajstić information content (AvgIpc) is 3.28. The van der Waals surface area contributed by atoms with E-state index in [1.807, 2.05) is 0 Å². The zero-order chi connectivity index (χ0) is 22.3. The number of carbonyl (C=O) groups excluding carboxylic acids is 2. The molecule has 0 aliphatic rings. The SMILES string of the molecule is O=C(COc1ccccc1C(F)(F)F)NCc1cccc(C(=O)NCc2ccco2)c1. The largest absolute Gasteiger partial charge is 0.483 e. The minimum absolute atomic E-state index is 0.0857. The van der Waals surface area contributed by atoms with Gasteiger partial charge in [-0.2, -0.15) is 13.2 Å². The summed E-state index contributed by atoms with van der Waals surface area (Å²) in [6, 6.07) is 14.7. The molecule has 1 heterocycles. The van der Waals surface area contributed by atoms with Crippen molar-refractivity contribution in [3.05, 3.63) is 89.4 Å². The van der Waals surface area contributed by atoms with E-state index in [-0.39, 0.29) is 19.0 Å². The standard InChI is InChI=1S/C22H19F3N2O4/c23-22(24,25)18-8-1-2-9-19(18)31-14-20(28)26-12-15-5-3-6-16(11-15)21(29)27-13-17-7-4-10-30-17/h1-11H,12-14H2,(H,26,28)(H,27,29). The second-order valence-corrected chi connectivity index (χ2v) is 6.52. The molecule has 0 aliphatic carbocycles. The monoisotopic (exact) mass is 432 g/mol. The summed E-state index contributed by atoms with van der Waals surface area (Å²) in [5.41, 5.74) is 0.0967. The van der Waals surface area contributed by atoms with Crippen molar-refractivity contribution in [2.75, 3.05) is 6.61 Å². The third kappa shape index (κ3) is 6.36. The number of amides is 2. The molecule has 1 aromatic heterocycles. The third-order valence-electron chi connectivity index (χ3n) is 4.23. The van der Waals surface area contributed by atoms with Gasteiger partial charge in [0, 0.05) is 12.1 Å². The van der Waals surface area contributed by atoms with Crippen LogP contribution in [0.3, 0.4) is 0 Å². The number of hydrogen-bond donors (Lipinski definition) is 2. The molecule has 162 valence electrons. The topological polar surface area (TPSA) is 80.6 Å². The first-order valence-electron chi connectivity index (χ1n) is 9.28. The maximum Gasteiger partial charge on any atom is 0.419 e. The van der Waals surface area contributed by atoms with E-state index in [2.05, 4.69) is 10.6 Å². The molecule has 0 bridgehead atoms. The Bertz CT molecular complexity index is 1030. The number of alkyl halides is 3. The molecular formula is C22H19F3N2O4. The second-order valence-electron chi connectivity index (χ2n) is 6.52. The first kappa shape index (κ1) is 21.9. The average molecular weight is 432 g/mol. The van der Waals surface area contributed by atoms with E-state index in [9.17, 15) is 22.8 Å². The summed E-state index contributed by atoms with van der Waals surface area (Å²) in [6.45, 7) is -0.248. The van der Waals surface area contributed by atoms with Crippen LogP contribution in [0.1, 0.15) is 27.2 Å². The smallest absolute Gasteiger partial charge is 0.419 e. The first-order chi connectivity index (χ1) is 14.8. The van der Waals surface area contributed by atoms with Crippen molar-refractivity contribution in [2.45, 2.75) is 19.3 Å². The van der Waals surface area contributed by atoms with Gasteiger partial charge in [0.2, 0.25) is 0 Å². The molecular weight excluding hydrogens is 413 g/mol. The molecule has 2 N–H and O–H groups in total. The van der Waals surface area contributed by atoms with Crippen molar-refractivity contribution in [3.63, 3.8) is 0 Å². The maximum absolute atomic E-state index is 13.0. The number of nitrogens with one attached hydrogen (secondary N) is 2. The highest BCUT2D eigenvalue weighted by Crippen LogP contribution is 2.35. The first-order valence-corrected chi connectivity index (χ1v) is 9.28. The van der Waals surface area contributed by atoms with E-state index >= 15 is 0 Å². The Morgan fingerprint density at radius 3 is 2.48 bits per heavy atom. The van der Waals surface area contributed by atoms with Crippen LogP contribution in [-0.4, -0.2) is 18.4 Å². The van der Waals surface area contributed by atoms with Crippen molar-refractivity contribution in [1.82, 2.24) is 10.6 Å². The molecule has 0 saturated heterocycles. The van der Waals surface area contributed by atoms with E-state index in [0.29, 0.717) is 16.9 Å². The lowest BCUT2D eigenvalue weighted by Crippen LogP contribution is -2.29. The van der Waals surface area contributed by atoms with Crippen LogP contribution in [0.5, 0.6) is 5.75 Å². The number of benzene rings is 2. The molecule has 0 unspecified atom stereocenters. The van der Waals surface area contributed by atoms with Crippen LogP contribution in [-0.2, 0) is 24.1 Å². The number of hydrogen-bond acceptors (Lipinski definition) is 4. The zero-order valence-corrected chi connectivity index (χ0v) is 16.2. The number of furan rings is 1. The molecule has 31 heavy (non-hydrogen) atoms. The van der Waals surface area contributed by atoms with Gasteiger partial charge in [0.1, 0.15) is 11.5 Å². The lowest BCUT2D eigenvalue weighted by Gasteiger charge is -2.13. The molecule has 9 heteroatoms. The molecule has 2 aromatic carbocycles. The van der Waals surface area contributed by atoms with Gasteiger partial charge in [-0.25, -0.2) is 0 Å². The van der Waals surface area contributed by atoms with Gasteiger partial charge in [-0.05, 0) is 42.0 Å². The van der Waals surface area contributed by atoms with Crippen LogP contribution in [0.2, 0.25) is 0 Å². The molecule has 3 aromatic rings. The van der Waals surface area contributed by atoms with Crippen LogP contribution in [0.15, 0.2) is 71.3 Å². The van der Waals surface area contributed by atoms with Crippen LogP contribution >= 0.6 is 0 Å². The van der Waals surface area contributed by atoms with E-state index in [0.717, 1.165) is 12.1 Å². The molecule has 3 rings (SSSR count). The zero-order valence-electron chi connectivity index (χ0n) is 16.2. The second kappa shape index (κ2) is 9.84. The van der Waals surface area contributed by atoms with E-state index in [4.69, 9.17) is 9.15 Å². The summed E-state index contributed by atoms with van der Waals surface area (Å²) in [7, 11) is 0. The number of rotatable bonds is 8. The lowest BCUT2D eigenvalue weighted by atomic mass is 10.1. The molecule has 0 spiro atoms. The Morgan fingerprint density at radius 1 is 0.935 bits per heavy atom. The van der Waals surface area contributed by atoms with Crippen LogP contribution in [0.25, 0.3) is 0 Å². The summed E-state index contributed by atoms with van der Waals surface area (Å²) in [5, 5.41) is 5.27. The highest BCUT2D eigenvalue weighted by molar-refractivity contribution is 5.94. The Morgan fingerprint density at radius 2 is 1.74 bits per heavy atom. The predicted octanol–water partition coefficient (Wildman–Crippen LogP) is 3.92. The quantitative estimate of drug-likeness (QED) is 0.565. The van der Waals surface area contributed by atoms with Gasteiger partial charge in [0.25, 0.3) is 11.8 Å². The van der Waals surface area contributed by atoms with Gasteiger partial charge in [0.15, 0.2) is 6.61 Å². The van der Waals surface area contributed by atoms with Gasteiger partial charge in [0.05, 0.1) is 18.4 Å². The van der Waals surface area contributed by atoms with Gasteiger partial charge in [-0.3, -0.25) is 9.59 Å². The normalized spacial score (nSPS) is 11.1. The van der Waals surface area contributed by atoms with E-state index in [1.165, 1.54) is 18.4 Å². The Labute approximate surface area is 176 Å². The molecule has 0 atom stereocenters. The predicted molar refractivity (Wildman–Crippen MR) is 105 cm³/mol. The summed E-state index contributed by atoms with van der Waals surface area (Å²) in [5.74, 6) is -0.703. The minimum atomic E-state index is -4.58. The molecule has 0 fully saturated rings. The molecule has 6 nitrogen and oxygen atoms in total. The summed E-state index contributed by atoms with van der Waals surface area (Å²) < 4.78 is 49.1. The van der Waals surface area contributed by atoms with Crippen molar-refractivity contribution in [3.8, 4) is 5.75 Å². The Balaban J connectivity index is 1.50. The molecule has 0 radical (unpaired) electrons. The number of para-hydroxylation sites is 1. The third-order valence-corrected chi connectivity index (χ3v) is 4.23. The van der Waals surface area contributed by atoms with Crippen molar-refractivity contribution in [1.29, 1.82) is 0 Å². The van der Waals surface area contributed by atoms with Crippen molar-refractivity contribution >= 4 is 11.8 Å². The Kier molecular flexibility index (Phi) is 6.96. The number of halogens is 3. The lowest BCUT2D eigenvalue weighted by molar-refractivity contribution is -0.139. The fraction of sp³-hybridized carbons (Fsp3) is 0.182. The fourth-order valence-corrected chi connectivity index (χ4v) is 2.73. The highest BCUT2D eigenvalue weighted by atomic mass is 19.4. The van der Waals surface area contributed by atoms with Crippen LogP contribution in [0.4, 0.5) is 13.2 Å². The van der Waals surface area contributed by atoms with Gasteiger partial charge in [-0.1, -0.05) is 24.3 Å². The number of carbonyl (C=O) groups is 2. The molecule has 0 aliphatic heterocycles. The fourth-order valence-electron chi connectivity index (χ4n) is 2.73. The van der Waals surface area contributed by atoms with Gasteiger partial charge >= 0.3 is 6.18 Å². The molecule has 0 saturated carbocycles. The van der Waals surface area contributed by atoms with Crippen LogP contribution < -0.4 is 15.4 Å². The van der Waals surface area contributed by atoms with E-state index in [1.54, 1.807) is 36.4 Å². The highest BCUT2D eigenvalue weighted by Gasteiger charge is 2.34. The maximum atomic E-state index is 13.0. The van der Waals surface area contributed by atoms with Gasteiger partial charge in [-0.15, -0.1) is 0 Å². The van der Waals surface area contributed by atoms with Crippen molar-refractivity contribution in [2.24, 2.45) is 0 Å². The summed E-state index contributed by atoms with van der Waals surface area (Å²) in [4.78, 5) is 24.2. The van der Waals surface area contributed by atoms with Gasteiger partial charge < -0.3 is 19.8 Å². The van der Waals surface area contributed by atoms with E-state index < -0.39 is 30.0 Å². The molecule has 2 amide bonds. The van der Waals surface area contributed by atoms with Crippen molar-refractivity contribution < 1.29 is 31.9 Å². The number of ether oxygens (including phenoxy) is 1. The summed E-state index contributed by atoms with van der Waals surface area (Å²) >= 11 is 0. The summed E-state index contributed by atoms with van der Waals surface area (Å²) in [6.07, 6.45) is -3.07. The van der Waals surface area contributed by atoms with Crippen LogP contribution in [0, 0.1) is 0 Å². The Hall–Kier alpha value is -3.75. The minimum Gasteiger partial charge on any atom is -0.483 e.